The van der Waals surface area contributed by atoms with E-state index in [-0.39, 0.29) is 18.3 Å². The summed E-state index contributed by atoms with van der Waals surface area (Å²) in [7, 11) is 0. The Bertz CT molecular complexity index is 384. The molecule has 0 saturated carbocycles. The largest absolute Gasteiger partial charge is 0.333 e. The van der Waals surface area contributed by atoms with Crippen molar-refractivity contribution in [2.24, 2.45) is 5.73 Å². The molecule has 0 atom stereocenters. The van der Waals surface area contributed by atoms with Crippen LogP contribution in [0.4, 0.5) is 0 Å². The first kappa shape index (κ1) is 12.5. The lowest BCUT2D eigenvalue weighted by atomic mass is 10.1. The maximum absolute atomic E-state index is 11.8. The van der Waals surface area contributed by atoms with Crippen molar-refractivity contribution in [1.82, 2.24) is 4.90 Å². The van der Waals surface area contributed by atoms with E-state index in [1.54, 1.807) is 4.90 Å². The molecule has 1 aromatic carbocycles. The summed E-state index contributed by atoms with van der Waals surface area (Å²) in [5.74, 6) is 0.0896. The molecule has 0 radical (unpaired) electrons. The molecule has 0 unspecified atom stereocenters. The number of hydrogen-bond acceptors (Lipinski definition) is 2. The Kier molecular flexibility index (Phi) is 4.13. The molecule has 0 saturated heterocycles. The van der Waals surface area contributed by atoms with Crippen molar-refractivity contribution < 1.29 is 4.79 Å². The van der Waals surface area contributed by atoms with Gasteiger partial charge in [-0.05, 0) is 17.7 Å². The van der Waals surface area contributed by atoms with Gasteiger partial charge in [-0.1, -0.05) is 22.0 Å². The summed E-state index contributed by atoms with van der Waals surface area (Å²) in [5.41, 5.74) is 7.32. The lowest BCUT2D eigenvalue weighted by molar-refractivity contribution is 0.0783. The van der Waals surface area contributed by atoms with Crippen LogP contribution in [0.2, 0.25) is 0 Å². The smallest absolute Gasteiger partial charge is 0.254 e. The second kappa shape index (κ2) is 4.96. The number of carbonyl (C=O) groups excluding carboxylic acids is 1. The predicted octanol–water partition coefficient (Wildman–Crippen LogP) is 1.79. The van der Waals surface area contributed by atoms with E-state index >= 15 is 0 Å². The summed E-state index contributed by atoms with van der Waals surface area (Å²) in [6.07, 6.45) is 0. The van der Waals surface area contributed by atoms with E-state index in [0.717, 1.165) is 15.6 Å². The molecule has 0 aromatic heterocycles. The maximum atomic E-state index is 11.8. The van der Waals surface area contributed by atoms with Crippen molar-refractivity contribution in [3.8, 4) is 0 Å². The standard InChI is InChI=1S/C10H11BrN2O.ClH/c11-8-2-1-7-6-13(4-3-12)10(14)9(7)5-8;/h1-2,5H,3-4,6,12H2;1H. The minimum Gasteiger partial charge on any atom is -0.333 e. The molecule has 1 aromatic rings. The van der Waals surface area contributed by atoms with Gasteiger partial charge < -0.3 is 10.6 Å². The summed E-state index contributed by atoms with van der Waals surface area (Å²) in [5, 5.41) is 0. The molecule has 2 rings (SSSR count). The van der Waals surface area contributed by atoms with Gasteiger partial charge in [0.25, 0.3) is 5.91 Å². The second-order valence-electron chi connectivity index (χ2n) is 3.32. The highest BCUT2D eigenvalue weighted by Crippen LogP contribution is 2.25. The van der Waals surface area contributed by atoms with Crippen LogP contribution in [-0.4, -0.2) is 23.9 Å². The number of benzene rings is 1. The second-order valence-corrected chi connectivity index (χ2v) is 4.23. The molecule has 3 nitrogen and oxygen atoms in total. The summed E-state index contributed by atoms with van der Waals surface area (Å²) in [4.78, 5) is 13.6. The van der Waals surface area contributed by atoms with Crippen molar-refractivity contribution in [3.05, 3.63) is 33.8 Å². The Morgan fingerprint density at radius 3 is 2.87 bits per heavy atom. The van der Waals surface area contributed by atoms with Crippen LogP contribution in [0, 0.1) is 0 Å². The molecule has 15 heavy (non-hydrogen) atoms. The Balaban J connectivity index is 0.00000112. The monoisotopic (exact) mass is 290 g/mol. The minimum absolute atomic E-state index is 0. The first-order valence-corrected chi connectivity index (χ1v) is 5.29. The first-order valence-electron chi connectivity index (χ1n) is 4.50. The van der Waals surface area contributed by atoms with E-state index < -0.39 is 0 Å². The van der Waals surface area contributed by atoms with Crippen LogP contribution in [-0.2, 0) is 6.54 Å². The van der Waals surface area contributed by atoms with Crippen molar-refractivity contribution in [2.75, 3.05) is 13.1 Å². The highest BCUT2D eigenvalue weighted by atomic mass is 79.9. The van der Waals surface area contributed by atoms with Crippen molar-refractivity contribution >= 4 is 34.2 Å². The van der Waals surface area contributed by atoms with Crippen LogP contribution in [0.1, 0.15) is 15.9 Å². The van der Waals surface area contributed by atoms with Crippen molar-refractivity contribution in [3.63, 3.8) is 0 Å². The van der Waals surface area contributed by atoms with E-state index in [4.69, 9.17) is 5.73 Å². The third-order valence-corrected chi connectivity index (χ3v) is 2.84. The Morgan fingerprint density at radius 1 is 1.47 bits per heavy atom. The van der Waals surface area contributed by atoms with Gasteiger partial charge in [-0.3, -0.25) is 4.79 Å². The first-order chi connectivity index (χ1) is 6.72. The van der Waals surface area contributed by atoms with E-state index in [1.807, 2.05) is 18.2 Å². The molecule has 1 aliphatic rings. The van der Waals surface area contributed by atoms with Gasteiger partial charge in [0.1, 0.15) is 0 Å². The zero-order chi connectivity index (χ0) is 10.1. The zero-order valence-electron chi connectivity index (χ0n) is 8.07. The average Bonchev–Trinajstić information content (AvgIpc) is 2.46. The molecule has 1 amide bonds. The Morgan fingerprint density at radius 2 is 2.20 bits per heavy atom. The van der Waals surface area contributed by atoms with Gasteiger partial charge in [-0.2, -0.15) is 0 Å². The van der Waals surface area contributed by atoms with Crippen LogP contribution in [0.3, 0.4) is 0 Å². The molecule has 1 heterocycles. The molecular formula is C10H12BrClN2O. The molecule has 0 spiro atoms. The number of hydrogen-bond donors (Lipinski definition) is 1. The zero-order valence-corrected chi connectivity index (χ0v) is 10.5. The quantitative estimate of drug-likeness (QED) is 0.903. The van der Waals surface area contributed by atoms with Crippen LogP contribution >= 0.6 is 28.3 Å². The lowest BCUT2D eigenvalue weighted by Gasteiger charge is -2.13. The molecule has 0 fully saturated rings. The summed E-state index contributed by atoms with van der Waals surface area (Å²) in [6.45, 7) is 1.84. The highest BCUT2D eigenvalue weighted by molar-refractivity contribution is 9.10. The predicted molar refractivity (Wildman–Crippen MR) is 65.2 cm³/mol. The Hall–Kier alpha value is -0.580. The van der Waals surface area contributed by atoms with Crippen LogP contribution in [0.5, 0.6) is 0 Å². The van der Waals surface area contributed by atoms with Crippen LogP contribution < -0.4 is 5.73 Å². The third-order valence-electron chi connectivity index (χ3n) is 2.35. The van der Waals surface area contributed by atoms with Gasteiger partial charge in [0.15, 0.2) is 0 Å². The van der Waals surface area contributed by atoms with Gasteiger partial charge in [0.2, 0.25) is 0 Å². The number of halogens is 2. The molecule has 0 bridgehead atoms. The fourth-order valence-electron chi connectivity index (χ4n) is 1.67. The van der Waals surface area contributed by atoms with Gasteiger partial charge in [-0.25, -0.2) is 0 Å². The molecule has 5 heteroatoms. The maximum Gasteiger partial charge on any atom is 0.254 e. The summed E-state index contributed by atoms with van der Waals surface area (Å²) < 4.78 is 0.944. The summed E-state index contributed by atoms with van der Waals surface area (Å²) in [6, 6.07) is 5.81. The van der Waals surface area contributed by atoms with Crippen molar-refractivity contribution in [2.45, 2.75) is 6.54 Å². The molecule has 2 N–H and O–H groups in total. The normalized spacial score (nSPS) is 13.7. The van der Waals surface area contributed by atoms with E-state index in [1.165, 1.54) is 0 Å². The minimum atomic E-state index is 0. The van der Waals surface area contributed by atoms with Crippen LogP contribution in [0.15, 0.2) is 22.7 Å². The van der Waals surface area contributed by atoms with E-state index in [2.05, 4.69) is 15.9 Å². The number of amides is 1. The molecule has 82 valence electrons. The average molecular weight is 292 g/mol. The van der Waals surface area contributed by atoms with Gasteiger partial charge in [0, 0.05) is 29.7 Å². The Labute approximate surface area is 103 Å². The van der Waals surface area contributed by atoms with E-state index in [9.17, 15) is 4.79 Å². The molecule has 1 aliphatic heterocycles. The van der Waals surface area contributed by atoms with Gasteiger partial charge in [0.05, 0.1) is 0 Å². The highest BCUT2D eigenvalue weighted by Gasteiger charge is 2.26. The third kappa shape index (κ3) is 2.33. The lowest BCUT2D eigenvalue weighted by Crippen LogP contribution is -2.29. The number of carbonyl (C=O) groups is 1. The number of nitrogens with zero attached hydrogens (tertiary/aromatic N) is 1. The van der Waals surface area contributed by atoms with E-state index in [0.29, 0.717) is 19.6 Å². The van der Waals surface area contributed by atoms with Crippen LogP contribution in [0.25, 0.3) is 0 Å². The number of nitrogens with two attached hydrogens (primary N) is 1. The number of fused-ring (bicyclic) bond motifs is 1. The number of rotatable bonds is 2. The molecular weight excluding hydrogens is 279 g/mol. The topological polar surface area (TPSA) is 46.3 Å². The SMILES string of the molecule is Cl.NCCN1Cc2ccc(Br)cc2C1=O. The summed E-state index contributed by atoms with van der Waals surface area (Å²) >= 11 is 3.36. The fourth-order valence-corrected chi connectivity index (χ4v) is 2.03. The van der Waals surface area contributed by atoms with Gasteiger partial charge >= 0.3 is 0 Å². The fraction of sp³-hybridized carbons (Fsp3) is 0.300. The molecule has 0 aliphatic carbocycles. The van der Waals surface area contributed by atoms with Gasteiger partial charge in [-0.15, -0.1) is 12.4 Å². The van der Waals surface area contributed by atoms with Crippen molar-refractivity contribution in [1.29, 1.82) is 0 Å².